The van der Waals surface area contributed by atoms with Crippen LogP contribution < -0.4 is 5.32 Å². The van der Waals surface area contributed by atoms with Crippen molar-refractivity contribution in [3.05, 3.63) is 30.3 Å². The maximum atomic E-state index is 12.0. The second-order valence-corrected chi connectivity index (χ2v) is 6.20. The Morgan fingerprint density at radius 3 is 2.95 bits per heavy atom. The third-order valence-electron chi connectivity index (χ3n) is 3.45. The Labute approximate surface area is 124 Å². The van der Waals surface area contributed by atoms with Crippen molar-refractivity contribution in [1.82, 2.24) is 10.2 Å². The monoisotopic (exact) mass is 294 g/mol. The minimum Gasteiger partial charge on any atom is -0.396 e. The number of thioether (sulfide) groups is 1. The Morgan fingerprint density at radius 1 is 1.40 bits per heavy atom. The van der Waals surface area contributed by atoms with Crippen LogP contribution in [0.3, 0.4) is 0 Å². The van der Waals surface area contributed by atoms with Gasteiger partial charge >= 0.3 is 6.03 Å². The summed E-state index contributed by atoms with van der Waals surface area (Å²) in [5.74, 6) is 1.11. The molecule has 0 saturated carbocycles. The molecule has 0 aliphatic carbocycles. The van der Waals surface area contributed by atoms with Crippen molar-refractivity contribution in [2.45, 2.75) is 17.7 Å². The lowest BCUT2D eigenvalue weighted by molar-refractivity contribution is 0.130. The van der Waals surface area contributed by atoms with Crippen LogP contribution in [0.15, 0.2) is 35.2 Å². The first kappa shape index (κ1) is 15.2. The molecule has 0 aromatic heterocycles. The molecule has 1 aromatic carbocycles. The van der Waals surface area contributed by atoms with Crippen LogP contribution in [0.5, 0.6) is 0 Å². The van der Waals surface area contributed by atoms with Crippen molar-refractivity contribution < 1.29 is 9.90 Å². The fraction of sp³-hybridized carbons (Fsp3) is 0.533. The first-order valence-corrected chi connectivity index (χ1v) is 8.09. The maximum Gasteiger partial charge on any atom is 0.317 e. The van der Waals surface area contributed by atoms with Crippen LogP contribution in [-0.2, 0) is 0 Å². The molecule has 2 N–H and O–H groups in total. The van der Waals surface area contributed by atoms with E-state index < -0.39 is 0 Å². The SMILES string of the molecule is O=C(NCCSc1ccccc1)N1CCCC(CO)C1. The minimum atomic E-state index is -0.00295. The Kier molecular flexibility index (Phi) is 6.21. The molecule has 0 radical (unpaired) electrons. The Bertz CT molecular complexity index is 414. The molecule has 0 bridgehead atoms. The molecule has 1 saturated heterocycles. The second-order valence-electron chi connectivity index (χ2n) is 5.03. The number of urea groups is 1. The number of carbonyl (C=O) groups excluding carboxylic acids is 1. The van der Waals surface area contributed by atoms with Gasteiger partial charge in [-0.25, -0.2) is 4.79 Å². The van der Waals surface area contributed by atoms with Crippen molar-refractivity contribution in [2.24, 2.45) is 5.92 Å². The van der Waals surface area contributed by atoms with E-state index in [1.54, 1.807) is 11.8 Å². The molecular formula is C15H22N2O2S. The molecule has 2 amide bonds. The largest absolute Gasteiger partial charge is 0.396 e. The van der Waals surface area contributed by atoms with Gasteiger partial charge in [-0.3, -0.25) is 0 Å². The van der Waals surface area contributed by atoms with Crippen LogP contribution in [-0.4, -0.2) is 48.0 Å². The van der Waals surface area contributed by atoms with Gasteiger partial charge in [0.05, 0.1) is 0 Å². The predicted octanol–water partition coefficient (Wildman–Crippen LogP) is 2.19. The number of hydrogen-bond donors (Lipinski definition) is 2. The number of aliphatic hydroxyl groups excluding tert-OH is 1. The summed E-state index contributed by atoms with van der Waals surface area (Å²) >= 11 is 1.74. The lowest BCUT2D eigenvalue weighted by Gasteiger charge is -2.31. The first-order valence-electron chi connectivity index (χ1n) is 7.11. The van der Waals surface area contributed by atoms with Gasteiger partial charge in [0.2, 0.25) is 0 Å². The van der Waals surface area contributed by atoms with E-state index in [0.29, 0.717) is 13.1 Å². The van der Waals surface area contributed by atoms with E-state index in [1.165, 1.54) is 4.90 Å². The van der Waals surface area contributed by atoms with E-state index >= 15 is 0 Å². The van der Waals surface area contributed by atoms with E-state index in [9.17, 15) is 4.79 Å². The highest BCUT2D eigenvalue weighted by Gasteiger charge is 2.22. The zero-order chi connectivity index (χ0) is 14.2. The number of nitrogens with zero attached hydrogens (tertiary/aromatic N) is 1. The summed E-state index contributed by atoms with van der Waals surface area (Å²) in [4.78, 5) is 15.0. The number of hydrogen-bond acceptors (Lipinski definition) is 3. The molecule has 20 heavy (non-hydrogen) atoms. The maximum absolute atomic E-state index is 12.0. The number of nitrogens with one attached hydrogen (secondary N) is 1. The van der Waals surface area contributed by atoms with Gasteiger partial charge in [-0.05, 0) is 30.9 Å². The zero-order valence-electron chi connectivity index (χ0n) is 11.6. The van der Waals surface area contributed by atoms with Gasteiger partial charge < -0.3 is 15.3 Å². The summed E-state index contributed by atoms with van der Waals surface area (Å²) in [6, 6.07) is 10.2. The summed E-state index contributed by atoms with van der Waals surface area (Å²) in [5, 5.41) is 12.1. The quantitative estimate of drug-likeness (QED) is 0.646. The predicted molar refractivity (Wildman–Crippen MR) is 81.9 cm³/mol. The van der Waals surface area contributed by atoms with Crippen molar-refractivity contribution in [2.75, 3.05) is 32.0 Å². The fourth-order valence-corrected chi connectivity index (χ4v) is 3.14. The van der Waals surface area contributed by atoms with Gasteiger partial charge in [-0.2, -0.15) is 0 Å². The molecule has 1 fully saturated rings. The molecule has 0 spiro atoms. The Hall–Kier alpha value is -1.20. The molecule has 1 aliphatic rings. The normalized spacial score (nSPS) is 18.9. The number of aliphatic hydroxyl groups is 1. The van der Waals surface area contributed by atoms with Crippen LogP contribution >= 0.6 is 11.8 Å². The first-order chi connectivity index (χ1) is 9.79. The van der Waals surface area contributed by atoms with Crippen molar-refractivity contribution in [3.8, 4) is 0 Å². The van der Waals surface area contributed by atoms with Crippen LogP contribution in [0.1, 0.15) is 12.8 Å². The van der Waals surface area contributed by atoms with Crippen LogP contribution in [0.4, 0.5) is 4.79 Å². The van der Waals surface area contributed by atoms with E-state index in [0.717, 1.165) is 25.1 Å². The third-order valence-corrected chi connectivity index (χ3v) is 4.47. The number of amides is 2. The van der Waals surface area contributed by atoms with Crippen LogP contribution in [0.25, 0.3) is 0 Å². The van der Waals surface area contributed by atoms with E-state index in [4.69, 9.17) is 5.11 Å². The molecule has 5 heteroatoms. The molecule has 2 rings (SSSR count). The molecule has 1 aliphatic heterocycles. The average Bonchev–Trinajstić information content (AvgIpc) is 2.52. The highest BCUT2D eigenvalue weighted by Crippen LogP contribution is 2.17. The smallest absolute Gasteiger partial charge is 0.317 e. The van der Waals surface area contributed by atoms with Gasteiger partial charge in [0.1, 0.15) is 0 Å². The lowest BCUT2D eigenvalue weighted by Crippen LogP contribution is -2.46. The zero-order valence-corrected chi connectivity index (χ0v) is 12.4. The van der Waals surface area contributed by atoms with E-state index in [2.05, 4.69) is 17.4 Å². The molecular weight excluding hydrogens is 272 g/mol. The Balaban J connectivity index is 1.65. The standard InChI is InChI=1S/C15H22N2O2S/c18-12-13-5-4-9-17(11-13)15(19)16-8-10-20-14-6-2-1-3-7-14/h1-3,6-7,13,18H,4-5,8-12H2,(H,16,19). The second kappa shape index (κ2) is 8.17. The number of piperidine rings is 1. The van der Waals surface area contributed by atoms with Crippen molar-refractivity contribution in [3.63, 3.8) is 0 Å². The molecule has 110 valence electrons. The van der Waals surface area contributed by atoms with Gasteiger partial charge in [0.25, 0.3) is 0 Å². The average molecular weight is 294 g/mol. The fourth-order valence-electron chi connectivity index (χ4n) is 2.35. The summed E-state index contributed by atoms with van der Waals surface area (Å²) in [6.07, 6.45) is 2.00. The van der Waals surface area contributed by atoms with Crippen molar-refractivity contribution >= 4 is 17.8 Å². The molecule has 1 heterocycles. The molecule has 1 unspecified atom stereocenters. The highest BCUT2D eigenvalue weighted by atomic mass is 32.2. The van der Waals surface area contributed by atoms with Crippen molar-refractivity contribution in [1.29, 1.82) is 0 Å². The summed E-state index contributed by atoms with van der Waals surface area (Å²) in [5.41, 5.74) is 0. The number of carbonyl (C=O) groups is 1. The molecule has 1 aromatic rings. The molecule has 4 nitrogen and oxygen atoms in total. The van der Waals surface area contributed by atoms with Gasteiger partial charge in [0, 0.05) is 36.9 Å². The van der Waals surface area contributed by atoms with Gasteiger partial charge in [-0.15, -0.1) is 11.8 Å². The highest BCUT2D eigenvalue weighted by molar-refractivity contribution is 7.99. The number of likely N-dealkylation sites (tertiary alicyclic amines) is 1. The summed E-state index contributed by atoms with van der Waals surface area (Å²) < 4.78 is 0. The number of benzene rings is 1. The summed E-state index contributed by atoms with van der Waals surface area (Å²) in [7, 11) is 0. The number of rotatable bonds is 5. The van der Waals surface area contributed by atoms with Gasteiger partial charge in [-0.1, -0.05) is 18.2 Å². The van der Waals surface area contributed by atoms with Gasteiger partial charge in [0.15, 0.2) is 0 Å². The summed E-state index contributed by atoms with van der Waals surface area (Å²) in [6.45, 7) is 2.31. The topological polar surface area (TPSA) is 52.6 Å². The van der Waals surface area contributed by atoms with E-state index in [-0.39, 0.29) is 18.6 Å². The third kappa shape index (κ3) is 4.72. The minimum absolute atomic E-state index is 0.00295. The van der Waals surface area contributed by atoms with Crippen LogP contribution in [0.2, 0.25) is 0 Å². The van der Waals surface area contributed by atoms with E-state index in [1.807, 2.05) is 23.1 Å². The molecule has 1 atom stereocenters. The Morgan fingerprint density at radius 2 is 2.20 bits per heavy atom. The van der Waals surface area contributed by atoms with Crippen LogP contribution in [0, 0.1) is 5.92 Å². The lowest BCUT2D eigenvalue weighted by atomic mass is 9.99.